The Morgan fingerprint density at radius 2 is 1.87 bits per heavy atom. The third-order valence-electron chi connectivity index (χ3n) is 2.05. The summed E-state index contributed by atoms with van der Waals surface area (Å²) in [6.45, 7) is 0. The molecule has 0 unspecified atom stereocenters. The van der Waals surface area contributed by atoms with Crippen molar-refractivity contribution in [3.63, 3.8) is 0 Å². The Labute approximate surface area is 87.3 Å². The van der Waals surface area contributed by atoms with Gasteiger partial charge < -0.3 is 9.15 Å². The molecule has 0 spiro atoms. The van der Waals surface area contributed by atoms with Crippen LogP contribution in [0.5, 0.6) is 0 Å². The second-order valence-electron chi connectivity index (χ2n) is 3.02. The van der Waals surface area contributed by atoms with Crippen LogP contribution in [0.25, 0.3) is 11.3 Å². The highest BCUT2D eigenvalue weighted by Gasteiger charge is 2.11. The van der Waals surface area contributed by atoms with Crippen molar-refractivity contribution in [3.8, 4) is 11.3 Å². The summed E-state index contributed by atoms with van der Waals surface area (Å²) in [6.07, 6.45) is 0. The quantitative estimate of drug-likeness (QED) is 0.703. The van der Waals surface area contributed by atoms with E-state index in [1.54, 1.807) is 12.1 Å². The number of ether oxygens (including phenoxy) is 1. The van der Waals surface area contributed by atoms with E-state index in [1.165, 1.54) is 7.11 Å². The molecule has 15 heavy (non-hydrogen) atoms. The van der Waals surface area contributed by atoms with Crippen molar-refractivity contribution in [1.82, 2.24) is 0 Å². The molecule has 3 heteroatoms. The lowest BCUT2D eigenvalue weighted by Crippen LogP contribution is -1.98. The summed E-state index contributed by atoms with van der Waals surface area (Å²) in [5.41, 5.74) is 0.938. The van der Waals surface area contributed by atoms with Crippen molar-refractivity contribution in [1.29, 1.82) is 0 Å². The molecule has 1 heterocycles. The molecule has 0 saturated carbocycles. The predicted molar refractivity (Wildman–Crippen MR) is 55.5 cm³/mol. The summed E-state index contributed by atoms with van der Waals surface area (Å²) in [4.78, 5) is 11.1. The molecule has 0 amide bonds. The summed E-state index contributed by atoms with van der Waals surface area (Å²) in [5, 5.41) is 0. The van der Waals surface area contributed by atoms with Crippen LogP contribution in [-0.2, 0) is 4.74 Å². The molecule has 2 aromatic rings. The first-order valence-electron chi connectivity index (χ1n) is 4.55. The second-order valence-corrected chi connectivity index (χ2v) is 3.02. The maximum atomic E-state index is 11.1. The molecule has 2 rings (SSSR count). The van der Waals surface area contributed by atoms with Crippen LogP contribution >= 0.6 is 0 Å². The highest BCUT2D eigenvalue weighted by atomic mass is 16.5. The number of rotatable bonds is 2. The molecule has 1 aromatic carbocycles. The number of methoxy groups -OCH3 is 1. The number of carbonyl (C=O) groups excluding carboxylic acids is 1. The van der Waals surface area contributed by atoms with E-state index in [-0.39, 0.29) is 5.76 Å². The molecule has 0 radical (unpaired) electrons. The topological polar surface area (TPSA) is 39.4 Å². The molecule has 0 atom stereocenters. The average molecular weight is 202 g/mol. The number of carbonyl (C=O) groups is 1. The van der Waals surface area contributed by atoms with Crippen LogP contribution in [0.15, 0.2) is 46.9 Å². The molecule has 0 N–H and O–H groups in total. The van der Waals surface area contributed by atoms with E-state index in [0.29, 0.717) is 5.76 Å². The number of benzene rings is 1. The van der Waals surface area contributed by atoms with Gasteiger partial charge in [0.15, 0.2) is 0 Å². The van der Waals surface area contributed by atoms with E-state index in [1.807, 2.05) is 30.3 Å². The van der Waals surface area contributed by atoms with Gasteiger partial charge in [-0.15, -0.1) is 0 Å². The standard InChI is InChI=1S/C12H10O3/c1-14-12(13)11-8-7-10(15-11)9-5-3-2-4-6-9/h2-8H,1H3. The zero-order valence-electron chi connectivity index (χ0n) is 8.27. The lowest BCUT2D eigenvalue weighted by molar-refractivity contribution is 0.0566. The van der Waals surface area contributed by atoms with Crippen molar-refractivity contribution in [2.75, 3.05) is 7.11 Å². The van der Waals surface area contributed by atoms with Crippen LogP contribution < -0.4 is 0 Å². The highest BCUT2D eigenvalue weighted by molar-refractivity contribution is 5.86. The summed E-state index contributed by atoms with van der Waals surface area (Å²) in [5.74, 6) is 0.421. The fourth-order valence-electron chi connectivity index (χ4n) is 1.31. The monoisotopic (exact) mass is 202 g/mol. The molecule has 1 aromatic heterocycles. The number of hydrogen-bond acceptors (Lipinski definition) is 3. The molecule has 0 saturated heterocycles. The summed E-state index contributed by atoms with van der Waals surface area (Å²) < 4.78 is 9.90. The third kappa shape index (κ3) is 1.91. The Hall–Kier alpha value is -2.03. The maximum absolute atomic E-state index is 11.1. The van der Waals surface area contributed by atoms with Crippen LogP contribution in [0.2, 0.25) is 0 Å². The molecule has 0 bridgehead atoms. The maximum Gasteiger partial charge on any atom is 0.373 e. The Balaban J connectivity index is 2.32. The van der Waals surface area contributed by atoms with E-state index in [4.69, 9.17) is 4.42 Å². The molecule has 0 fully saturated rings. The van der Waals surface area contributed by atoms with Crippen molar-refractivity contribution < 1.29 is 13.9 Å². The first-order chi connectivity index (χ1) is 7.31. The summed E-state index contributed by atoms with van der Waals surface area (Å²) in [7, 11) is 1.33. The van der Waals surface area contributed by atoms with Gasteiger partial charge in [-0.2, -0.15) is 0 Å². The van der Waals surface area contributed by atoms with Crippen LogP contribution in [0, 0.1) is 0 Å². The summed E-state index contributed by atoms with van der Waals surface area (Å²) >= 11 is 0. The van der Waals surface area contributed by atoms with Gasteiger partial charge in [0.25, 0.3) is 0 Å². The average Bonchev–Trinajstić information content (AvgIpc) is 2.78. The highest BCUT2D eigenvalue weighted by Crippen LogP contribution is 2.21. The normalized spacial score (nSPS) is 9.93. The summed E-state index contributed by atoms with van der Waals surface area (Å²) in [6, 6.07) is 12.9. The van der Waals surface area contributed by atoms with E-state index >= 15 is 0 Å². The molecule has 0 aliphatic carbocycles. The van der Waals surface area contributed by atoms with E-state index in [0.717, 1.165) is 5.56 Å². The zero-order valence-corrected chi connectivity index (χ0v) is 8.27. The first kappa shape index (κ1) is 9.52. The number of furan rings is 1. The molecular weight excluding hydrogens is 192 g/mol. The Kier molecular flexibility index (Phi) is 2.54. The van der Waals surface area contributed by atoms with Gasteiger partial charge in [-0.3, -0.25) is 0 Å². The number of hydrogen-bond donors (Lipinski definition) is 0. The SMILES string of the molecule is COC(=O)c1ccc(-c2ccccc2)o1. The lowest BCUT2D eigenvalue weighted by atomic mass is 10.2. The van der Waals surface area contributed by atoms with Gasteiger partial charge in [0, 0.05) is 5.56 Å². The van der Waals surface area contributed by atoms with Crippen LogP contribution in [0.3, 0.4) is 0 Å². The Morgan fingerprint density at radius 3 is 2.53 bits per heavy atom. The fourth-order valence-corrected chi connectivity index (χ4v) is 1.31. The van der Waals surface area contributed by atoms with Gasteiger partial charge in [-0.25, -0.2) is 4.79 Å². The van der Waals surface area contributed by atoms with Gasteiger partial charge in [-0.1, -0.05) is 30.3 Å². The minimum absolute atomic E-state index is 0.219. The molecule has 3 nitrogen and oxygen atoms in total. The second kappa shape index (κ2) is 4.00. The predicted octanol–water partition coefficient (Wildman–Crippen LogP) is 2.73. The van der Waals surface area contributed by atoms with Gasteiger partial charge >= 0.3 is 5.97 Å². The van der Waals surface area contributed by atoms with Crippen LogP contribution in [0.1, 0.15) is 10.6 Å². The Morgan fingerprint density at radius 1 is 1.13 bits per heavy atom. The lowest BCUT2D eigenvalue weighted by Gasteiger charge is -1.95. The molecular formula is C12H10O3. The molecule has 76 valence electrons. The van der Waals surface area contributed by atoms with Crippen LogP contribution in [-0.4, -0.2) is 13.1 Å². The van der Waals surface area contributed by atoms with Gasteiger partial charge in [0.1, 0.15) is 5.76 Å². The van der Waals surface area contributed by atoms with Crippen molar-refractivity contribution >= 4 is 5.97 Å². The first-order valence-corrected chi connectivity index (χ1v) is 4.55. The fraction of sp³-hybridized carbons (Fsp3) is 0.0833. The largest absolute Gasteiger partial charge is 0.463 e. The van der Waals surface area contributed by atoms with E-state index in [9.17, 15) is 4.79 Å². The van der Waals surface area contributed by atoms with Gasteiger partial charge in [0.05, 0.1) is 7.11 Å². The molecule has 0 aliphatic heterocycles. The van der Waals surface area contributed by atoms with Crippen molar-refractivity contribution in [2.24, 2.45) is 0 Å². The smallest absolute Gasteiger partial charge is 0.373 e. The minimum Gasteiger partial charge on any atom is -0.463 e. The third-order valence-corrected chi connectivity index (χ3v) is 2.05. The number of esters is 1. The van der Waals surface area contributed by atoms with Crippen molar-refractivity contribution in [3.05, 3.63) is 48.2 Å². The Bertz CT molecular complexity index is 457. The van der Waals surface area contributed by atoms with Gasteiger partial charge in [0.2, 0.25) is 5.76 Å². The van der Waals surface area contributed by atoms with E-state index < -0.39 is 5.97 Å². The minimum atomic E-state index is -0.461. The molecule has 0 aliphatic rings. The van der Waals surface area contributed by atoms with Crippen molar-refractivity contribution in [2.45, 2.75) is 0 Å². The zero-order chi connectivity index (χ0) is 10.7. The van der Waals surface area contributed by atoms with Crippen LogP contribution in [0.4, 0.5) is 0 Å². The van der Waals surface area contributed by atoms with Gasteiger partial charge in [-0.05, 0) is 12.1 Å². The van der Waals surface area contributed by atoms with E-state index in [2.05, 4.69) is 4.74 Å².